The smallest absolute Gasteiger partial charge is 0.130 e. The highest BCUT2D eigenvalue weighted by Crippen LogP contribution is 2.52. The fourth-order valence-corrected chi connectivity index (χ4v) is 6.37. The van der Waals surface area contributed by atoms with Crippen LogP contribution in [0.5, 0.6) is 5.75 Å². The third-order valence-electron chi connectivity index (χ3n) is 7.15. The molecular formula is C34H46FOP. The van der Waals surface area contributed by atoms with Gasteiger partial charge in [-0.05, 0) is 34.4 Å². The molecule has 0 heterocycles. The van der Waals surface area contributed by atoms with Crippen molar-refractivity contribution in [2.45, 2.75) is 104 Å². The minimum atomic E-state index is -0.245. The fourth-order valence-electron chi connectivity index (χ4n) is 4.77. The summed E-state index contributed by atoms with van der Waals surface area (Å²) in [6.07, 6.45) is 4.43. The van der Waals surface area contributed by atoms with Crippen molar-refractivity contribution in [3.05, 3.63) is 94.8 Å². The lowest BCUT2D eigenvalue weighted by molar-refractivity contribution is 0.290. The molecule has 0 saturated heterocycles. The largest absolute Gasteiger partial charge is 0.488 e. The molecule has 0 radical (unpaired) electrons. The summed E-state index contributed by atoms with van der Waals surface area (Å²) in [7, 11) is 0.308. The predicted octanol–water partition coefficient (Wildman–Crippen LogP) is 9.80. The average molecular weight is 521 g/mol. The highest BCUT2D eigenvalue weighted by atomic mass is 31.1. The summed E-state index contributed by atoms with van der Waals surface area (Å²) in [5, 5.41) is 0.555. The summed E-state index contributed by atoms with van der Waals surface area (Å²) in [5.74, 6) is 0.865. The maximum absolute atomic E-state index is 15.0. The van der Waals surface area contributed by atoms with Crippen LogP contribution in [0.3, 0.4) is 0 Å². The van der Waals surface area contributed by atoms with Gasteiger partial charge in [-0.15, -0.1) is 0 Å². The zero-order valence-corrected chi connectivity index (χ0v) is 25.2. The third-order valence-corrected chi connectivity index (χ3v) is 8.89. The van der Waals surface area contributed by atoms with Crippen LogP contribution in [-0.4, -0.2) is 0 Å². The Bertz CT molecular complexity index is 1160. The molecule has 37 heavy (non-hydrogen) atoms. The summed E-state index contributed by atoms with van der Waals surface area (Å²) >= 11 is 0. The number of ether oxygens (including phenoxy) is 1. The number of rotatable bonds is 10. The monoisotopic (exact) mass is 520 g/mol. The molecule has 0 aliphatic rings. The Morgan fingerprint density at radius 1 is 0.757 bits per heavy atom. The van der Waals surface area contributed by atoms with Crippen LogP contribution < -0.4 is 10.0 Å². The quantitative estimate of drug-likeness (QED) is 0.191. The molecule has 0 saturated carbocycles. The Morgan fingerprint density at radius 2 is 1.38 bits per heavy atom. The number of unbranched alkanes of at least 4 members (excludes halogenated alkanes) is 2. The first-order chi connectivity index (χ1) is 17.3. The Morgan fingerprint density at radius 3 is 1.97 bits per heavy atom. The van der Waals surface area contributed by atoms with E-state index in [0.717, 1.165) is 35.9 Å². The number of hydrogen-bond donors (Lipinski definition) is 0. The van der Waals surface area contributed by atoms with E-state index >= 15 is 4.39 Å². The van der Waals surface area contributed by atoms with Crippen molar-refractivity contribution in [1.29, 1.82) is 0 Å². The van der Waals surface area contributed by atoms with Gasteiger partial charge in [0.25, 0.3) is 0 Å². The van der Waals surface area contributed by atoms with Gasteiger partial charge in [-0.1, -0.05) is 144 Å². The second-order valence-corrected chi connectivity index (χ2v) is 14.5. The molecular weight excluding hydrogens is 474 g/mol. The van der Waals surface area contributed by atoms with E-state index in [9.17, 15) is 0 Å². The van der Waals surface area contributed by atoms with Crippen LogP contribution in [0.2, 0.25) is 0 Å². The molecule has 0 aromatic heterocycles. The van der Waals surface area contributed by atoms with E-state index in [1.807, 2.05) is 18.2 Å². The molecule has 0 aliphatic carbocycles. The van der Waals surface area contributed by atoms with Gasteiger partial charge >= 0.3 is 0 Å². The van der Waals surface area contributed by atoms with E-state index in [0.29, 0.717) is 15.2 Å². The van der Waals surface area contributed by atoms with Crippen molar-refractivity contribution >= 4 is 13.9 Å². The first kappa shape index (κ1) is 29.4. The lowest BCUT2D eigenvalue weighted by Crippen LogP contribution is -2.26. The van der Waals surface area contributed by atoms with Crippen LogP contribution in [0.1, 0.15) is 103 Å². The first-order valence-corrected chi connectivity index (χ1v) is 14.7. The van der Waals surface area contributed by atoms with Gasteiger partial charge in [0.15, 0.2) is 0 Å². The van der Waals surface area contributed by atoms with Crippen LogP contribution in [-0.2, 0) is 22.6 Å². The van der Waals surface area contributed by atoms with Crippen LogP contribution in [0, 0.1) is 5.82 Å². The Balaban J connectivity index is 2.25. The molecule has 0 fully saturated rings. The van der Waals surface area contributed by atoms with Crippen molar-refractivity contribution < 1.29 is 9.13 Å². The molecule has 0 N–H and O–H groups in total. The molecule has 0 aliphatic heterocycles. The van der Waals surface area contributed by atoms with Gasteiger partial charge in [-0.25, -0.2) is 4.39 Å². The van der Waals surface area contributed by atoms with E-state index in [-0.39, 0.29) is 21.8 Å². The van der Waals surface area contributed by atoms with Crippen LogP contribution in [0.4, 0.5) is 4.39 Å². The molecule has 3 heteroatoms. The van der Waals surface area contributed by atoms with Crippen molar-refractivity contribution in [3.63, 3.8) is 0 Å². The number of benzene rings is 3. The van der Waals surface area contributed by atoms with Gasteiger partial charge in [-0.3, -0.25) is 0 Å². The molecule has 0 amide bonds. The topological polar surface area (TPSA) is 9.23 Å². The highest BCUT2D eigenvalue weighted by molar-refractivity contribution is 7.48. The normalized spacial score (nSPS) is 14.2. The molecule has 1 nitrogen and oxygen atoms in total. The first-order valence-electron chi connectivity index (χ1n) is 13.7. The molecule has 0 bridgehead atoms. The number of hydrogen-bond acceptors (Lipinski definition) is 1. The molecule has 200 valence electrons. The van der Waals surface area contributed by atoms with Crippen molar-refractivity contribution in [1.82, 2.24) is 0 Å². The second-order valence-electron chi connectivity index (χ2n) is 12.6. The van der Waals surface area contributed by atoms with E-state index in [4.69, 9.17) is 4.74 Å². The summed E-state index contributed by atoms with van der Waals surface area (Å²) in [5.41, 5.74) is 4.78. The Kier molecular flexibility index (Phi) is 9.62. The second kappa shape index (κ2) is 12.1. The van der Waals surface area contributed by atoms with Crippen molar-refractivity contribution in [3.8, 4) is 5.75 Å². The Hall–Kier alpha value is -2.18. The summed E-state index contributed by atoms with van der Waals surface area (Å²) < 4.78 is 21.8. The minimum absolute atomic E-state index is 0.0157. The van der Waals surface area contributed by atoms with Crippen LogP contribution in [0.15, 0.2) is 66.7 Å². The lowest BCUT2D eigenvalue weighted by atomic mass is 9.76. The summed E-state index contributed by atoms with van der Waals surface area (Å²) in [6, 6.07) is 22.4. The van der Waals surface area contributed by atoms with Crippen LogP contribution in [0.25, 0.3) is 0 Å². The summed E-state index contributed by atoms with van der Waals surface area (Å²) in [4.78, 5) is 0. The zero-order chi connectivity index (χ0) is 27.3. The van der Waals surface area contributed by atoms with Crippen molar-refractivity contribution in [2.24, 2.45) is 0 Å². The molecule has 2 atom stereocenters. The van der Waals surface area contributed by atoms with Gasteiger partial charge in [0.1, 0.15) is 18.2 Å². The highest BCUT2D eigenvalue weighted by Gasteiger charge is 2.35. The van der Waals surface area contributed by atoms with Crippen LogP contribution >= 0.6 is 8.58 Å². The van der Waals surface area contributed by atoms with E-state index < -0.39 is 0 Å². The number of halogens is 1. The average Bonchev–Trinajstić information content (AvgIpc) is 2.83. The van der Waals surface area contributed by atoms with E-state index in [2.05, 4.69) is 91.8 Å². The summed E-state index contributed by atoms with van der Waals surface area (Å²) in [6.45, 7) is 18.7. The fraction of sp³-hybridized carbons (Fsp3) is 0.471. The van der Waals surface area contributed by atoms with E-state index in [1.165, 1.54) is 23.1 Å². The lowest BCUT2D eigenvalue weighted by Gasteiger charge is -2.37. The molecule has 3 rings (SSSR count). The van der Waals surface area contributed by atoms with Gasteiger partial charge in [-0.2, -0.15) is 0 Å². The maximum Gasteiger partial charge on any atom is 0.130 e. The SMILES string of the molecule is CCCCCC(C)(Pc1ccccc1F)c1cc(C(C)(C)C)cc(C(C)(C)C)c1OCc1ccccc1. The van der Waals surface area contributed by atoms with Gasteiger partial charge in [0.2, 0.25) is 0 Å². The maximum atomic E-state index is 15.0. The standard InChI is InChI=1S/C34H46FOP/c1-9-10-16-21-34(8,37-30-20-15-14-19-29(30)35)28-23-26(32(2,3)4)22-27(33(5,6)7)31(28)36-24-25-17-12-11-13-18-25/h11-15,17-20,22-23,37H,9-10,16,21,24H2,1-8H3. The van der Waals surface area contributed by atoms with E-state index in [1.54, 1.807) is 12.1 Å². The van der Waals surface area contributed by atoms with Gasteiger partial charge in [0, 0.05) is 21.6 Å². The molecule has 3 aromatic carbocycles. The van der Waals surface area contributed by atoms with Gasteiger partial charge in [0.05, 0.1) is 0 Å². The van der Waals surface area contributed by atoms with Crippen molar-refractivity contribution in [2.75, 3.05) is 0 Å². The molecule has 3 aromatic rings. The Labute approximate surface area is 227 Å². The zero-order valence-electron chi connectivity index (χ0n) is 24.2. The minimum Gasteiger partial charge on any atom is -0.488 e. The predicted molar refractivity (Wildman–Crippen MR) is 160 cm³/mol. The van der Waals surface area contributed by atoms with Gasteiger partial charge < -0.3 is 4.74 Å². The molecule has 0 spiro atoms. The third kappa shape index (κ3) is 7.67. The molecule has 2 unspecified atom stereocenters.